The molecule has 0 bridgehead atoms. The molecule has 1 aromatic heterocycles. The summed E-state index contributed by atoms with van der Waals surface area (Å²) < 4.78 is 27.0. The van der Waals surface area contributed by atoms with Crippen LogP contribution in [0.2, 0.25) is 0 Å². The molecular formula is C13H13F2N3. The van der Waals surface area contributed by atoms with Crippen LogP contribution in [0.4, 0.5) is 14.6 Å². The van der Waals surface area contributed by atoms with Crippen molar-refractivity contribution in [2.75, 3.05) is 12.4 Å². The van der Waals surface area contributed by atoms with Gasteiger partial charge in [-0.2, -0.15) is 0 Å². The van der Waals surface area contributed by atoms with Gasteiger partial charge >= 0.3 is 0 Å². The third-order valence-electron chi connectivity index (χ3n) is 2.75. The molecule has 0 saturated heterocycles. The number of hydrogen-bond donors (Lipinski definition) is 1. The van der Waals surface area contributed by atoms with Crippen molar-refractivity contribution in [2.45, 2.75) is 13.8 Å². The molecule has 1 heterocycles. The van der Waals surface area contributed by atoms with Crippen molar-refractivity contribution in [1.82, 2.24) is 9.97 Å². The van der Waals surface area contributed by atoms with Crippen molar-refractivity contribution in [1.29, 1.82) is 0 Å². The van der Waals surface area contributed by atoms with Gasteiger partial charge in [0.15, 0.2) is 17.5 Å². The normalized spacial score (nSPS) is 10.5. The first-order valence-corrected chi connectivity index (χ1v) is 5.52. The molecule has 3 nitrogen and oxygen atoms in total. The zero-order chi connectivity index (χ0) is 13.3. The highest BCUT2D eigenvalue weighted by Gasteiger charge is 2.16. The Labute approximate surface area is 104 Å². The van der Waals surface area contributed by atoms with Gasteiger partial charge < -0.3 is 5.32 Å². The molecule has 0 aliphatic heterocycles. The number of nitrogens with zero attached hydrogens (tertiary/aromatic N) is 2. The molecule has 0 spiro atoms. The molecule has 0 atom stereocenters. The van der Waals surface area contributed by atoms with Gasteiger partial charge in [0.2, 0.25) is 0 Å². The summed E-state index contributed by atoms with van der Waals surface area (Å²) in [5.74, 6) is -1.37. The number of benzene rings is 1. The minimum atomic E-state index is -0.911. The van der Waals surface area contributed by atoms with Gasteiger partial charge in [-0.1, -0.05) is 6.07 Å². The van der Waals surface area contributed by atoms with Crippen LogP contribution in [0.1, 0.15) is 11.4 Å². The maximum atomic E-state index is 13.8. The number of nitrogens with one attached hydrogen (secondary N) is 1. The fraction of sp³-hybridized carbons (Fsp3) is 0.231. The van der Waals surface area contributed by atoms with E-state index in [0.29, 0.717) is 17.2 Å². The second kappa shape index (κ2) is 4.68. The van der Waals surface area contributed by atoms with Gasteiger partial charge in [-0.15, -0.1) is 0 Å². The van der Waals surface area contributed by atoms with Gasteiger partial charge in [-0.05, 0) is 26.0 Å². The standard InChI is InChI=1S/C13H13F2N3/c1-7-8(2)18-13(16-3)12(17-7)9-5-4-6-10(14)11(9)15/h4-6H,1-3H3,(H,16,18). The van der Waals surface area contributed by atoms with Gasteiger partial charge in [0.25, 0.3) is 0 Å². The minimum Gasteiger partial charge on any atom is -0.371 e. The summed E-state index contributed by atoms with van der Waals surface area (Å²) >= 11 is 0. The first kappa shape index (κ1) is 12.4. The Morgan fingerprint density at radius 1 is 1.06 bits per heavy atom. The molecule has 0 aliphatic carbocycles. The van der Waals surface area contributed by atoms with E-state index in [4.69, 9.17) is 0 Å². The topological polar surface area (TPSA) is 37.8 Å². The molecule has 1 N–H and O–H groups in total. The Morgan fingerprint density at radius 3 is 2.39 bits per heavy atom. The van der Waals surface area contributed by atoms with Gasteiger partial charge in [-0.25, -0.2) is 18.7 Å². The van der Waals surface area contributed by atoms with E-state index in [1.807, 2.05) is 6.92 Å². The molecule has 18 heavy (non-hydrogen) atoms. The predicted octanol–water partition coefficient (Wildman–Crippen LogP) is 3.08. The van der Waals surface area contributed by atoms with E-state index in [9.17, 15) is 8.78 Å². The predicted molar refractivity (Wildman–Crippen MR) is 66.4 cm³/mol. The zero-order valence-electron chi connectivity index (χ0n) is 10.4. The number of rotatable bonds is 2. The smallest absolute Gasteiger partial charge is 0.168 e. The first-order chi connectivity index (χ1) is 8.54. The third kappa shape index (κ3) is 2.03. The van der Waals surface area contributed by atoms with E-state index < -0.39 is 11.6 Å². The van der Waals surface area contributed by atoms with Crippen molar-refractivity contribution in [3.8, 4) is 11.3 Å². The fourth-order valence-corrected chi connectivity index (χ4v) is 1.65. The zero-order valence-corrected chi connectivity index (χ0v) is 10.4. The van der Waals surface area contributed by atoms with Gasteiger partial charge in [-0.3, -0.25) is 0 Å². The number of aromatic nitrogens is 2. The maximum Gasteiger partial charge on any atom is 0.168 e. The molecule has 0 radical (unpaired) electrons. The largest absolute Gasteiger partial charge is 0.371 e. The van der Waals surface area contributed by atoms with Crippen molar-refractivity contribution >= 4 is 5.82 Å². The summed E-state index contributed by atoms with van der Waals surface area (Å²) in [6.07, 6.45) is 0. The van der Waals surface area contributed by atoms with Crippen LogP contribution in [0.15, 0.2) is 18.2 Å². The summed E-state index contributed by atoms with van der Waals surface area (Å²) in [5, 5.41) is 2.85. The monoisotopic (exact) mass is 249 g/mol. The summed E-state index contributed by atoms with van der Waals surface area (Å²) in [7, 11) is 1.67. The molecule has 0 unspecified atom stereocenters. The summed E-state index contributed by atoms with van der Waals surface area (Å²) in [6, 6.07) is 4.01. The van der Waals surface area contributed by atoms with Gasteiger partial charge in [0, 0.05) is 12.6 Å². The SMILES string of the molecule is CNc1nc(C)c(C)nc1-c1cccc(F)c1F. The second-order valence-corrected chi connectivity index (χ2v) is 3.94. The van der Waals surface area contributed by atoms with Crippen LogP contribution in [-0.2, 0) is 0 Å². The van der Waals surface area contributed by atoms with E-state index in [1.165, 1.54) is 12.1 Å². The van der Waals surface area contributed by atoms with Crippen LogP contribution in [0.25, 0.3) is 11.3 Å². The quantitative estimate of drug-likeness (QED) is 0.888. The average molecular weight is 249 g/mol. The number of anilines is 1. The van der Waals surface area contributed by atoms with Crippen molar-refractivity contribution in [3.63, 3.8) is 0 Å². The Morgan fingerprint density at radius 2 is 1.72 bits per heavy atom. The fourth-order valence-electron chi connectivity index (χ4n) is 1.65. The molecule has 0 fully saturated rings. The Balaban J connectivity index is 2.70. The van der Waals surface area contributed by atoms with Crippen LogP contribution in [-0.4, -0.2) is 17.0 Å². The van der Waals surface area contributed by atoms with Crippen molar-refractivity contribution in [3.05, 3.63) is 41.2 Å². The lowest BCUT2D eigenvalue weighted by Crippen LogP contribution is -2.04. The number of hydrogen-bond acceptors (Lipinski definition) is 3. The minimum absolute atomic E-state index is 0.106. The molecule has 5 heteroatoms. The van der Waals surface area contributed by atoms with Crippen LogP contribution in [0.3, 0.4) is 0 Å². The van der Waals surface area contributed by atoms with Gasteiger partial charge in [0.1, 0.15) is 5.69 Å². The Bertz CT molecular complexity index is 597. The van der Waals surface area contributed by atoms with Crippen molar-refractivity contribution < 1.29 is 8.78 Å². The molecule has 2 aromatic rings. The summed E-state index contributed by atoms with van der Waals surface area (Å²) in [5.41, 5.74) is 1.86. The molecule has 0 aliphatic rings. The maximum absolute atomic E-state index is 13.8. The Hall–Kier alpha value is -2.04. The first-order valence-electron chi connectivity index (χ1n) is 5.52. The molecular weight excluding hydrogens is 236 g/mol. The van der Waals surface area contributed by atoms with E-state index in [1.54, 1.807) is 14.0 Å². The van der Waals surface area contributed by atoms with Crippen LogP contribution < -0.4 is 5.32 Å². The summed E-state index contributed by atoms with van der Waals surface area (Å²) in [4.78, 5) is 8.56. The van der Waals surface area contributed by atoms with Crippen molar-refractivity contribution in [2.24, 2.45) is 0 Å². The lowest BCUT2D eigenvalue weighted by atomic mass is 10.1. The number of halogens is 2. The highest BCUT2D eigenvalue weighted by Crippen LogP contribution is 2.28. The molecule has 1 aromatic carbocycles. The van der Waals surface area contributed by atoms with E-state index in [0.717, 1.165) is 11.8 Å². The highest BCUT2D eigenvalue weighted by atomic mass is 19.2. The van der Waals surface area contributed by atoms with Crippen LogP contribution in [0, 0.1) is 25.5 Å². The third-order valence-corrected chi connectivity index (χ3v) is 2.75. The van der Waals surface area contributed by atoms with Crippen LogP contribution in [0.5, 0.6) is 0 Å². The number of aryl methyl sites for hydroxylation is 2. The molecule has 0 saturated carbocycles. The van der Waals surface area contributed by atoms with E-state index >= 15 is 0 Å². The lowest BCUT2D eigenvalue weighted by Gasteiger charge is -2.11. The van der Waals surface area contributed by atoms with Crippen LogP contribution >= 0.6 is 0 Å². The lowest BCUT2D eigenvalue weighted by molar-refractivity contribution is 0.511. The highest BCUT2D eigenvalue weighted by molar-refractivity contribution is 5.72. The average Bonchev–Trinajstić information content (AvgIpc) is 2.36. The Kier molecular flexibility index (Phi) is 3.23. The van der Waals surface area contributed by atoms with E-state index in [-0.39, 0.29) is 5.56 Å². The summed E-state index contributed by atoms with van der Waals surface area (Å²) in [6.45, 7) is 3.59. The van der Waals surface area contributed by atoms with Gasteiger partial charge in [0.05, 0.1) is 11.4 Å². The molecule has 0 amide bonds. The molecule has 2 rings (SSSR count). The van der Waals surface area contributed by atoms with E-state index in [2.05, 4.69) is 15.3 Å². The molecule has 94 valence electrons. The second-order valence-electron chi connectivity index (χ2n) is 3.94.